The maximum atomic E-state index is 13.8. The van der Waals surface area contributed by atoms with Crippen LogP contribution in [-0.2, 0) is 6.61 Å². The number of para-hydroxylation sites is 2. The normalized spacial score (nSPS) is 10.9. The molecule has 2 amide bonds. The molecule has 0 bridgehead atoms. The number of urea groups is 1. The minimum absolute atomic E-state index is 0.0280. The number of rotatable bonds is 7. The highest BCUT2D eigenvalue weighted by molar-refractivity contribution is 6.05. The van der Waals surface area contributed by atoms with Crippen LogP contribution in [0.5, 0.6) is 11.5 Å². The molecule has 4 rings (SSSR count). The molecule has 0 aliphatic rings. The molecule has 0 aliphatic carbocycles. The number of nitrogens with one attached hydrogen (secondary N) is 3. The van der Waals surface area contributed by atoms with Gasteiger partial charge in [-0.15, -0.1) is 0 Å². The van der Waals surface area contributed by atoms with E-state index in [0.717, 1.165) is 0 Å². The lowest BCUT2D eigenvalue weighted by molar-refractivity contribution is -0.0493. The Morgan fingerprint density at radius 1 is 1.03 bits per heavy atom. The number of anilines is 2. The van der Waals surface area contributed by atoms with Crippen LogP contribution in [0.25, 0.3) is 10.9 Å². The Labute approximate surface area is 180 Å². The lowest BCUT2D eigenvalue weighted by atomic mass is 10.2. The molecule has 0 atom stereocenters. The van der Waals surface area contributed by atoms with Crippen molar-refractivity contribution in [3.63, 3.8) is 0 Å². The Morgan fingerprint density at radius 2 is 1.81 bits per heavy atom. The van der Waals surface area contributed by atoms with Crippen LogP contribution < -0.4 is 20.1 Å². The molecule has 0 unspecified atom stereocenters. The van der Waals surface area contributed by atoms with Crippen LogP contribution in [0.3, 0.4) is 0 Å². The summed E-state index contributed by atoms with van der Waals surface area (Å²) in [4.78, 5) is 12.4. The van der Waals surface area contributed by atoms with E-state index in [9.17, 15) is 18.0 Å². The summed E-state index contributed by atoms with van der Waals surface area (Å²) < 4.78 is 48.9. The predicted molar refractivity (Wildman–Crippen MR) is 113 cm³/mol. The summed E-state index contributed by atoms with van der Waals surface area (Å²) >= 11 is 0. The van der Waals surface area contributed by atoms with E-state index in [2.05, 4.69) is 25.6 Å². The van der Waals surface area contributed by atoms with Crippen molar-refractivity contribution >= 4 is 28.4 Å². The summed E-state index contributed by atoms with van der Waals surface area (Å²) in [5.74, 6) is 0.0998. The zero-order valence-electron chi connectivity index (χ0n) is 16.4. The number of alkyl halides is 2. The van der Waals surface area contributed by atoms with Crippen molar-refractivity contribution in [3.05, 3.63) is 78.1 Å². The fourth-order valence-corrected chi connectivity index (χ4v) is 2.98. The van der Waals surface area contributed by atoms with Crippen molar-refractivity contribution in [1.82, 2.24) is 10.2 Å². The first kappa shape index (κ1) is 21.0. The molecule has 3 aromatic carbocycles. The van der Waals surface area contributed by atoms with Gasteiger partial charge in [0.05, 0.1) is 11.2 Å². The summed E-state index contributed by atoms with van der Waals surface area (Å²) in [5.41, 5.74) is 1.10. The molecule has 0 aliphatic heterocycles. The van der Waals surface area contributed by atoms with E-state index in [4.69, 9.17) is 4.74 Å². The zero-order valence-corrected chi connectivity index (χ0v) is 16.4. The maximum absolute atomic E-state index is 13.8. The van der Waals surface area contributed by atoms with Gasteiger partial charge in [-0.25, -0.2) is 9.18 Å². The SMILES string of the molecule is O=C(Nc1ccccc1OC(F)F)Nc1n[nH]c2ccc(OCc3ccccc3F)cc12. The third-order valence-corrected chi connectivity index (χ3v) is 4.47. The standard InChI is InChI=1S/C22H17F3N4O3/c23-16-6-2-1-5-13(16)12-31-14-9-10-17-15(11-14)20(29-28-17)27-22(30)26-18-7-3-4-8-19(18)32-21(24)25/h1-11,21H,12H2,(H3,26,27,28,29,30). The highest BCUT2D eigenvalue weighted by atomic mass is 19.3. The maximum Gasteiger partial charge on any atom is 0.387 e. The average Bonchev–Trinajstić information content (AvgIpc) is 3.16. The molecule has 0 fully saturated rings. The van der Waals surface area contributed by atoms with Crippen LogP contribution in [-0.4, -0.2) is 22.8 Å². The van der Waals surface area contributed by atoms with Gasteiger partial charge in [-0.05, 0) is 36.4 Å². The molecular formula is C22H17F3N4O3. The number of fused-ring (bicyclic) bond motifs is 1. The minimum atomic E-state index is -3.03. The van der Waals surface area contributed by atoms with Gasteiger partial charge >= 0.3 is 12.6 Å². The summed E-state index contributed by atoms with van der Waals surface area (Å²) in [6, 6.07) is 16.4. The number of hydrogen-bond acceptors (Lipinski definition) is 4. The van der Waals surface area contributed by atoms with Gasteiger partial charge in [0.25, 0.3) is 0 Å². The van der Waals surface area contributed by atoms with E-state index in [1.165, 1.54) is 24.3 Å². The number of H-pyrrole nitrogens is 1. The molecule has 1 aromatic heterocycles. The lowest BCUT2D eigenvalue weighted by Crippen LogP contribution is -2.20. The molecule has 32 heavy (non-hydrogen) atoms. The van der Waals surface area contributed by atoms with Gasteiger partial charge in [-0.3, -0.25) is 10.4 Å². The van der Waals surface area contributed by atoms with Crippen LogP contribution in [0.1, 0.15) is 5.56 Å². The number of carbonyl (C=O) groups is 1. The second-order valence-corrected chi connectivity index (χ2v) is 6.61. The lowest BCUT2D eigenvalue weighted by Gasteiger charge is -2.12. The van der Waals surface area contributed by atoms with Gasteiger partial charge in [0.2, 0.25) is 0 Å². The number of aromatic amines is 1. The van der Waals surface area contributed by atoms with Crippen molar-refractivity contribution < 1.29 is 27.4 Å². The van der Waals surface area contributed by atoms with Crippen molar-refractivity contribution in [2.45, 2.75) is 13.2 Å². The Hall–Kier alpha value is -4.21. The highest BCUT2D eigenvalue weighted by Crippen LogP contribution is 2.28. The van der Waals surface area contributed by atoms with Crippen LogP contribution in [0.4, 0.5) is 29.5 Å². The highest BCUT2D eigenvalue weighted by Gasteiger charge is 2.14. The Balaban J connectivity index is 1.47. The summed E-state index contributed by atoms with van der Waals surface area (Å²) in [5, 5.41) is 12.4. The number of amides is 2. The van der Waals surface area contributed by atoms with Crippen LogP contribution in [0.2, 0.25) is 0 Å². The fourth-order valence-electron chi connectivity index (χ4n) is 2.98. The smallest absolute Gasteiger partial charge is 0.387 e. The van der Waals surface area contributed by atoms with E-state index in [-0.39, 0.29) is 29.7 Å². The largest absolute Gasteiger partial charge is 0.489 e. The molecule has 4 aromatic rings. The molecule has 7 nitrogen and oxygen atoms in total. The number of nitrogens with zero attached hydrogens (tertiary/aromatic N) is 1. The first-order valence-electron chi connectivity index (χ1n) is 9.46. The van der Waals surface area contributed by atoms with Gasteiger partial charge < -0.3 is 14.8 Å². The monoisotopic (exact) mass is 442 g/mol. The van der Waals surface area contributed by atoms with Gasteiger partial charge in [0, 0.05) is 10.9 Å². The number of ether oxygens (including phenoxy) is 2. The molecular weight excluding hydrogens is 425 g/mol. The Morgan fingerprint density at radius 3 is 2.62 bits per heavy atom. The van der Waals surface area contributed by atoms with E-state index in [1.807, 2.05) is 0 Å². The number of aromatic nitrogens is 2. The van der Waals surface area contributed by atoms with E-state index >= 15 is 0 Å². The molecule has 0 radical (unpaired) electrons. The quantitative estimate of drug-likeness (QED) is 0.351. The van der Waals surface area contributed by atoms with Gasteiger partial charge in [-0.2, -0.15) is 13.9 Å². The van der Waals surface area contributed by atoms with E-state index in [1.54, 1.807) is 42.5 Å². The summed E-state index contributed by atoms with van der Waals surface area (Å²) in [6.07, 6.45) is 0. The Bertz CT molecular complexity index is 1250. The first-order valence-corrected chi connectivity index (χ1v) is 9.46. The molecule has 1 heterocycles. The number of hydrogen-bond donors (Lipinski definition) is 3. The molecule has 0 saturated heterocycles. The molecule has 3 N–H and O–H groups in total. The minimum Gasteiger partial charge on any atom is -0.489 e. The number of halogens is 3. The second-order valence-electron chi connectivity index (χ2n) is 6.61. The van der Waals surface area contributed by atoms with Crippen molar-refractivity contribution in [3.8, 4) is 11.5 Å². The molecule has 0 spiro atoms. The topological polar surface area (TPSA) is 88.3 Å². The van der Waals surface area contributed by atoms with Gasteiger partial charge in [-0.1, -0.05) is 30.3 Å². The third-order valence-electron chi connectivity index (χ3n) is 4.47. The van der Waals surface area contributed by atoms with Gasteiger partial charge in [0.15, 0.2) is 5.82 Å². The Kier molecular flexibility index (Phi) is 6.11. The number of carbonyl (C=O) groups excluding carboxylic acids is 1. The third kappa shape index (κ3) is 4.91. The summed E-state index contributed by atoms with van der Waals surface area (Å²) in [7, 11) is 0. The fraction of sp³-hybridized carbons (Fsp3) is 0.0909. The molecule has 0 saturated carbocycles. The molecule has 164 valence electrons. The van der Waals surface area contributed by atoms with Crippen molar-refractivity contribution in [2.24, 2.45) is 0 Å². The average molecular weight is 442 g/mol. The van der Waals surface area contributed by atoms with Crippen LogP contribution in [0.15, 0.2) is 66.7 Å². The van der Waals surface area contributed by atoms with E-state index < -0.39 is 12.6 Å². The van der Waals surface area contributed by atoms with Crippen molar-refractivity contribution in [1.29, 1.82) is 0 Å². The van der Waals surface area contributed by atoms with E-state index in [0.29, 0.717) is 22.2 Å². The second kappa shape index (κ2) is 9.29. The van der Waals surface area contributed by atoms with Crippen LogP contribution in [0, 0.1) is 5.82 Å². The first-order chi connectivity index (χ1) is 15.5. The molecule has 10 heteroatoms. The van der Waals surface area contributed by atoms with Gasteiger partial charge in [0.1, 0.15) is 23.9 Å². The zero-order chi connectivity index (χ0) is 22.5. The van der Waals surface area contributed by atoms with Crippen molar-refractivity contribution in [2.75, 3.05) is 10.6 Å². The predicted octanol–water partition coefficient (Wildman–Crippen LogP) is 5.53. The number of benzene rings is 3. The van der Waals surface area contributed by atoms with Crippen LogP contribution >= 0.6 is 0 Å². The summed E-state index contributed by atoms with van der Waals surface area (Å²) in [6.45, 7) is -3.00.